The molecule has 0 saturated carbocycles. The number of hydrogen-bond donors (Lipinski definition) is 3. The second-order valence-electron chi connectivity index (χ2n) is 9.82. The third-order valence-electron chi connectivity index (χ3n) is 6.30. The minimum absolute atomic E-state index is 0.137. The zero-order valence-corrected chi connectivity index (χ0v) is 23.6. The molecule has 0 aromatic rings. The molecule has 0 aliphatic heterocycles. The number of allylic oxidation sites excluding steroid dienone is 7. The number of carbonyl (C=O) groups excluding carboxylic acids is 1. The summed E-state index contributed by atoms with van der Waals surface area (Å²) in [5.41, 5.74) is 4.11. The molecule has 0 aromatic heterocycles. The van der Waals surface area contributed by atoms with E-state index in [0.29, 0.717) is 6.54 Å². The summed E-state index contributed by atoms with van der Waals surface area (Å²) < 4.78 is 11.8. The molecule has 0 saturated heterocycles. The van der Waals surface area contributed by atoms with Crippen molar-refractivity contribution in [3.05, 3.63) is 46.6 Å². The van der Waals surface area contributed by atoms with Gasteiger partial charge in [0, 0.05) is 6.54 Å². The molecule has 0 radical (unpaired) electrons. The molecule has 0 aliphatic carbocycles. The molecule has 1 amide bonds. The van der Waals surface area contributed by atoms with Crippen molar-refractivity contribution in [2.45, 2.75) is 112 Å². The van der Waals surface area contributed by atoms with Crippen LogP contribution < -0.4 is 5.32 Å². The van der Waals surface area contributed by atoms with E-state index >= 15 is 0 Å². The minimum atomic E-state index is -4.48. The van der Waals surface area contributed by atoms with Crippen LogP contribution in [-0.4, -0.2) is 27.9 Å². The predicted octanol–water partition coefficient (Wildman–Crippen LogP) is 7.62. The summed E-state index contributed by atoms with van der Waals surface area (Å²) in [6.45, 7) is 14.9. The van der Waals surface area contributed by atoms with Crippen molar-refractivity contribution in [3.63, 3.8) is 0 Å². The van der Waals surface area contributed by atoms with Crippen LogP contribution in [-0.2, 0) is 9.36 Å². The van der Waals surface area contributed by atoms with Gasteiger partial charge in [-0.2, -0.15) is 0 Å². The van der Waals surface area contributed by atoms with E-state index in [2.05, 4.69) is 51.2 Å². The fourth-order valence-electron chi connectivity index (χ4n) is 3.77. The topological polar surface area (TPSA) is 86.6 Å². The van der Waals surface area contributed by atoms with Crippen molar-refractivity contribution in [1.82, 2.24) is 5.32 Å². The average molecular weight is 496 g/mol. The van der Waals surface area contributed by atoms with Crippen LogP contribution in [0.4, 0.5) is 0 Å². The lowest BCUT2D eigenvalue weighted by Crippen LogP contribution is -2.36. The maximum atomic E-state index is 12.4. The Bertz CT molecular complexity index is 765. The number of amides is 1. The van der Waals surface area contributed by atoms with Crippen LogP contribution in [0.1, 0.15) is 106 Å². The number of rotatable bonds is 17. The summed E-state index contributed by atoms with van der Waals surface area (Å²) in [5, 5.41) is 2.70. The fraction of sp³-hybridized carbons (Fsp3) is 0.679. The van der Waals surface area contributed by atoms with Crippen molar-refractivity contribution in [1.29, 1.82) is 0 Å². The lowest BCUT2D eigenvalue weighted by Gasteiger charge is -2.22. The maximum Gasteiger partial charge on any atom is 0.337 e. The first-order chi connectivity index (χ1) is 15.9. The molecule has 6 heteroatoms. The molecule has 0 fully saturated rings. The Labute approximate surface area is 209 Å². The van der Waals surface area contributed by atoms with E-state index in [9.17, 15) is 19.1 Å². The summed E-state index contributed by atoms with van der Waals surface area (Å²) in [4.78, 5) is 31.7. The highest BCUT2D eigenvalue weighted by atomic mass is 31.2. The molecule has 0 aromatic carbocycles. The fourth-order valence-corrected chi connectivity index (χ4v) is 4.74. The summed E-state index contributed by atoms with van der Waals surface area (Å²) in [5.74, 6) is -0.415. The highest BCUT2D eigenvalue weighted by molar-refractivity contribution is 7.53. The zero-order chi connectivity index (χ0) is 26.1. The predicted molar refractivity (Wildman–Crippen MR) is 146 cm³/mol. The Morgan fingerprint density at radius 3 is 1.65 bits per heavy atom. The van der Waals surface area contributed by atoms with E-state index in [1.807, 2.05) is 26.8 Å². The van der Waals surface area contributed by atoms with Crippen molar-refractivity contribution >= 4 is 13.5 Å². The number of hydrogen-bond acceptors (Lipinski definition) is 2. The lowest BCUT2D eigenvalue weighted by molar-refractivity contribution is -0.121. The monoisotopic (exact) mass is 495 g/mol. The van der Waals surface area contributed by atoms with Crippen LogP contribution in [0.15, 0.2) is 46.6 Å². The van der Waals surface area contributed by atoms with E-state index < -0.39 is 19.2 Å². The Morgan fingerprint density at radius 1 is 0.794 bits per heavy atom. The van der Waals surface area contributed by atoms with Crippen molar-refractivity contribution in [3.8, 4) is 0 Å². The quantitative estimate of drug-likeness (QED) is 0.143. The van der Waals surface area contributed by atoms with E-state index in [4.69, 9.17) is 0 Å². The third kappa shape index (κ3) is 16.2. The van der Waals surface area contributed by atoms with Gasteiger partial charge in [0.1, 0.15) is 5.66 Å². The third-order valence-corrected chi connectivity index (χ3v) is 7.56. The van der Waals surface area contributed by atoms with Gasteiger partial charge in [-0.05, 0) is 85.5 Å². The molecule has 0 bridgehead atoms. The lowest BCUT2D eigenvalue weighted by atomic mass is 9.97. The van der Waals surface area contributed by atoms with E-state index in [-0.39, 0.29) is 12.3 Å². The van der Waals surface area contributed by atoms with Gasteiger partial charge in [-0.15, -0.1) is 0 Å². The first-order valence-corrected chi connectivity index (χ1v) is 14.5. The first kappa shape index (κ1) is 32.6. The second kappa shape index (κ2) is 17.9. The van der Waals surface area contributed by atoms with E-state index in [0.717, 1.165) is 56.9 Å². The normalized spacial score (nSPS) is 14.4. The van der Waals surface area contributed by atoms with E-state index in [1.165, 1.54) is 16.7 Å². The standard InChI is InChI=1S/C28H50NO4P/c1-8-26(9-2)21-27(34(31,32)33)28(30)29-20-19-25(7)18-12-17-24(6)16-11-15-23(5)14-10-13-22(3)4/h13,15,17,19,26-27H,8-12,14,16,18,20-21H2,1-7H3,(H,29,30)(H2,31,32,33). The first-order valence-electron chi connectivity index (χ1n) is 12.8. The highest BCUT2D eigenvalue weighted by Gasteiger charge is 2.36. The molecule has 1 unspecified atom stereocenters. The summed E-state index contributed by atoms with van der Waals surface area (Å²) in [6, 6.07) is 0. The molecule has 196 valence electrons. The van der Waals surface area contributed by atoms with Gasteiger partial charge in [0.2, 0.25) is 5.91 Å². The van der Waals surface area contributed by atoms with Crippen LogP contribution in [0.5, 0.6) is 0 Å². The molecular weight excluding hydrogens is 445 g/mol. The molecule has 34 heavy (non-hydrogen) atoms. The van der Waals surface area contributed by atoms with Gasteiger partial charge in [-0.25, -0.2) is 0 Å². The largest absolute Gasteiger partial charge is 0.352 e. The van der Waals surface area contributed by atoms with Crippen LogP contribution >= 0.6 is 7.60 Å². The summed E-state index contributed by atoms with van der Waals surface area (Å²) >= 11 is 0. The minimum Gasteiger partial charge on any atom is -0.352 e. The van der Waals surface area contributed by atoms with Crippen molar-refractivity contribution < 1.29 is 19.1 Å². The van der Waals surface area contributed by atoms with Gasteiger partial charge in [-0.3, -0.25) is 9.36 Å². The van der Waals surface area contributed by atoms with Gasteiger partial charge < -0.3 is 15.1 Å². The zero-order valence-electron chi connectivity index (χ0n) is 22.7. The van der Waals surface area contributed by atoms with E-state index in [1.54, 1.807) is 0 Å². The smallest absolute Gasteiger partial charge is 0.337 e. The second-order valence-corrected chi connectivity index (χ2v) is 11.6. The van der Waals surface area contributed by atoms with Crippen LogP contribution in [0, 0.1) is 5.92 Å². The summed E-state index contributed by atoms with van der Waals surface area (Å²) in [6.07, 6.45) is 16.9. The SMILES string of the molecule is CCC(CC)CC(C(=O)NCC=C(C)CCC=C(C)CCC=C(C)CCC=C(C)C)P(=O)(O)O. The molecule has 0 heterocycles. The Balaban J connectivity index is 4.47. The number of nitrogens with one attached hydrogen (secondary N) is 1. The van der Waals surface area contributed by atoms with Crippen molar-refractivity contribution in [2.24, 2.45) is 5.92 Å². The van der Waals surface area contributed by atoms with Gasteiger partial charge in [0.05, 0.1) is 0 Å². The molecule has 0 spiro atoms. The number of carbonyl (C=O) groups is 1. The Hall–Kier alpha value is -1.42. The van der Waals surface area contributed by atoms with Gasteiger partial charge in [0.15, 0.2) is 0 Å². The summed E-state index contributed by atoms with van der Waals surface area (Å²) in [7, 11) is -4.48. The van der Waals surface area contributed by atoms with Gasteiger partial charge in [-0.1, -0.05) is 73.3 Å². The maximum absolute atomic E-state index is 12.4. The van der Waals surface area contributed by atoms with Crippen LogP contribution in [0.25, 0.3) is 0 Å². The average Bonchev–Trinajstić information content (AvgIpc) is 2.73. The molecule has 5 nitrogen and oxygen atoms in total. The van der Waals surface area contributed by atoms with Crippen molar-refractivity contribution in [2.75, 3.05) is 6.54 Å². The molecule has 0 aliphatic rings. The highest BCUT2D eigenvalue weighted by Crippen LogP contribution is 2.45. The van der Waals surface area contributed by atoms with Crippen LogP contribution in [0.2, 0.25) is 0 Å². The Kier molecular flexibility index (Phi) is 17.2. The van der Waals surface area contributed by atoms with Gasteiger partial charge in [0.25, 0.3) is 0 Å². The van der Waals surface area contributed by atoms with Crippen LogP contribution in [0.3, 0.4) is 0 Å². The molecule has 3 N–H and O–H groups in total. The van der Waals surface area contributed by atoms with Gasteiger partial charge >= 0.3 is 7.60 Å². The molecule has 0 rings (SSSR count). The molecule has 1 atom stereocenters. The Morgan fingerprint density at radius 2 is 1.24 bits per heavy atom. The molecular formula is C28H50NO4P.